The Labute approximate surface area is 82.2 Å². The van der Waals surface area contributed by atoms with Crippen LogP contribution in [0.25, 0.3) is 10.9 Å². The zero-order chi connectivity index (χ0) is 9.38. The van der Waals surface area contributed by atoms with Crippen molar-refractivity contribution in [1.29, 1.82) is 0 Å². The molecule has 0 radical (unpaired) electrons. The second-order valence-corrected chi connectivity index (χ2v) is 3.62. The Balaban J connectivity index is 2.22. The first-order valence-electron chi connectivity index (χ1n) is 4.85. The third-order valence-corrected chi connectivity index (χ3v) is 2.73. The van der Waals surface area contributed by atoms with Crippen LogP contribution in [0.1, 0.15) is 11.6 Å². The first-order valence-corrected chi connectivity index (χ1v) is 4.85. The van der Waals surface area contributed by atoms with Crippen molar-refractivity contribution in [2.45, 2.75) is 5.92 Å². The van der Waals surface area contributed by atoms with Crippen molar-refractivity contribution >= 4 is 10.9 Å². The SMILES string of the molecule is c1cnc2ccnc(C3CNC3)c2c1. The molecular formula is C11H11N3. The lowest BCUT2D eigenvalue weighted by molar-refractivity contribution is 0.442. The van der Waals surface area contributed by atoms with Crippen LogP contribution >= 0.6 is 0 Å². The van der Waals surface area contributed by atoms with Crippen LogP contribution in [0.15, 0.2) is 30.6 Å². The zero-order valence-corrected chi connectivity index (χ0v) is 7.77. The summed E-state index contributed by atoms with van der Waals surface area (Å²) >= 11 is 0. The fourth-order valence-corrected chi connectivity index (χ4v) is 1.83. The number of fused-ring (bicyclic) bond motifs is 1. The molecule has 3 rings (SSSR count). The van der Waals surface area contributed by atoms with E-state index in [9.17, 15) is 0 Å². The summed E-state index contributed by atoms with van der Waals surface area (Å²) in [5.41, 5.74) is 2.23. The molecule has 2 aromatic rings. The van der Waals surface area contributed by atoms with Gasteiger partial charge in [0, 0.05) is 36.8 Å². The predicted octanol–water partition coefficient (Wildman–Crippen LogP) is 1.32. The molecule has 70 valence electrons. The molecule has 2 aromatic heterocycles. The molecule has 0 atom stereocenters. The molecule has 1 aliphatic heterocycles. The molecule has 0 bridgehead atoms. The van der Waals surface area contributed by atoms with Crippen molar-refractivity contribution in [1.82, 2.24) is 15.3 Å². The Morgan fingerprint density at radius 1 is 1.14 bits per heavy atom. The molecule has 0 unspecified atom stereocenters. The normalized spacial score (nSPS) is 16.9. The van der Waals surface area contributed by atoms with E-state index in [1.165, 1.54) is 11.1 Å². The van der Waals surface area contributed by atoms with Crippen LogP contribution in [-0.2, 0) is 0 Å². The average molecular weight is 185 g/mol. The van der Waals surface area contributed by atoms with Crippen molar-refractivity contribution < 1.29 is 0 Å². The van der Waals surface area contributed by atoms with E-state index in [4.69, 9.17) is 0 Å². The number of nitrogens with one attached hydrogen (secondary N) is 1. The maximum atomic E-state index is 4.45. The van der Waals surface area contributed by atoms with Gasteiger partial charge in [0.05, 0.1) is 11.2 Å². The highest BCUT2D eigenvalue weighted by Crippen LogP contribution is 2.24. The van der Waals surface area contributed by atoms with Gasteiger partial charge < -0.3 is 5.32 Å². The third-order valence-electron chi connectivity index (χ3n) is 2.73. The third kappa shape index (κ3) is 1.09. The maximum absolute atomic E-state index is 4.45. The topological polar surface area (TPSA) is 37.8 Å². The quantitative estimate of drug-likeness (QED) is 0.728. The minimum absolute atomic E-state index is 0.572. The van der Waals surface area contributed by atoms with Gasteiger partial charge in [-0.05, 0) is 18.2 Å². The van der Waals surface area contributed by atoms with Crippen LogP contribution in [0.2, 0.25) is 0 Å². The highest BCUT2D eigenvalue weighted by Gasteiger charge is 2.21. The molecule has 1 aliphatic rings. The Hall–Kier alpha value is -1.48. The molecule has 1 saturated heterocycles. The van der Waals surface area contributed by atoms with Gasteiger partial charge in [-0.1, -0.05) is 0 Å². The summed E-state index contributed by atoms with van der Waals surface area (Å²) in [6, 6.07) is 6.04. The first-order chi connectivity index (χ1) is 6.95. The van der Waals surface area contributed by atoms with E-state index >= 15 is 0 Å². The fourth-order valence-electron chi connectivity index (χ4n) is 1.83. The van der Waals surface area contributed by atoms with Crippen LogP contribution in [0.4, 0.5) is 0 Å². The smallest absolute Gasteiger partial charge is 0.0735 e. The van der Waals surface area contributed by atoms with Gasteiger partial charge in [0.2, 0.25) is 0 Å². The Morgan fingerprint density at radius 3 is 2.86 bits per heavy atom. The van der Waals surface area contributed by atoms with E-state index in [2.05, 4.69) is 21.4 Å². The van der Waals surface area contributed by atoms with Gasteiger partial charge in [-0.2, -0.15) is 0 Å². The molecule has 3 nitrogen and oxygen atoms in total. The summed E-state index contributed by atoms with van der Waals surface area (Å²) in [4.78, 5) is 8.77. The summed E-state index contributed by atoms with van der Waals surface area (Å²) < 4.78 is 0. The summed E-state index contributed by atoms with van der Waals surface area (Å²) in [5.74, 6) is 0.572. The zero-order valence-electron chi connectivity index (χ0n) is 7.77. The highest BCUT2D eigenvalue weighted by molar-refractivity contribution is 5.81. The molecule has 0 aromatic carbocycles. The molecule has 3 heterocycles. The van der Waals surface area contributed by atoms with Crippen molar-refractivity contribution in [2.75, 3.05) is 13.1 Å². The largest absolute Gasteiger partial charge is 0.315 e. The van der Waals surface area contributed by atoms with E-state index in [0.717, 1.165) is 18.6 Å². The van der Waals surface area contributed by atoms with Crippen LogP contribution in [0.5, 0.6) is 0 Å². The lowest BCUT2D eigenvalue weighted by Crippen LogP contribution is -2.40. The van der Waals surface area contributed by atoms with Gasteiger partial charge in [-0.25, -0.2) is 0 Å². The molecule has 0 spiro atoms. The molecule has 0 aliphatic carbocycles. The minimum atomic E-state index is 0.572. The lowest BCUT2D eigenvalue weighted by atomic mass is 9.96. The van der Waals surface area contributed by atoms with E-state index in [1.807, 2.05) is 24.5 Å². The van der Waals surface area contributed by atoms with Crippen molar-refractivity contribution in [3.63, 3.8) is 0 Å². The van der Waals surface area contributed by atoms with Crippen LogP contribution in [0, 0.1) is 0 Å². The molecule has 1 N–H and O–H groups in total. The first kappa shape index (κ1) is 7.88. The monoisotopic (exact) mass is 185 g/mol. The molecule has 0 saturated carbocycles. The molecule has 0 amide bonds. The lowest BCUT2D eigenvalue weighted by Gasteiger charge is -2.27. The second kappa shape index (κ2) is 3.03. The summed E-state index contributed by atoms with van der Waals surface area (Å²) in [7, 11) is 0. The van der Waals surface area contributed by atoms with Gasteiger partial charge in [0.25, 0.3) is 0 Å². The molecule has 1 fully saturated rings. The number of hydrogen-bond acceptors (Lipinski definition) is 3. The van der Waals surface area contributed by atoms with Crippen LogP contribution in [-0.4, -0.2) is 23.1 Å². The second-order valence-electron chi connectivity index (χ2n) is 3.62. The Bertz CT molecular complexity index is 458. The van der Waals surface area contributed by atoms with Gasteiger partial charge in [0.15, 0.2) is 0 Å². The molecule has 14 heavy (non-hydrogen) atoms. The summed E-state index contributed by atoms with van der Waals surface area (Å²) in [5, 5.41) is 4.46. The van der Waals surface area contributed by atoms with E-state index in [0.29, 0.717) is 5.92 Å². The predicted molar refractivity (Wildman–Crippen MR) is 55.1 cm³/mol. The highest BCUT2D eigenvalue weighted by atomic mass is 15.0. The molecular weight excluding hydrogens is 174 g/mol. The van der Waals surface area contributed by atoms with Gasteiger partial charge in [-0.15, -0.1) is 0 Å². The molecule has 3 heteroatoms. The van der Waals surface area contributed by atoms with E-state index in [1.54, 1.807) is 0 Å². The fraction of sp³-hybridized carbons (Fsp3) is 0.273. The maximum Gasteiger partial charge on any atom is 0.0735 e. The summed E-state index contributed by atoms with van der Waals surface area (Å²) in [6.07, 6.45) is 3.67. The number of hydrogen-bond donors (Lipinski definition) is 1. The Kier molecular flexibility index (Phi) is 1.70. The van der Waals surface area contributed by atoms with E-state index in [-0.39, 0.29) is 0 Å². The van der Waals surface area contributed by atoms with Gasteiger partial charge in [0.1, 0.15) is 0 Å². The van der Waals surface area contributed by atoms with E-state index < -0.39 is 0 Å². The van der Waals surface area contributed by atoms with Crippen LogP contribution in [0.3, 0.4) is 0 Å². The van der Waals surface area contributed by atoms with Crippen molar-refractivity contribution in [2.24, 2.45) is 0 Å². The van der Waals surface area contributed by atoms with Crippen molar-refractivity contribution in [3.8, 4) is 0 Å². The number of aromatic nitrogens is 2. The number of nitrogens with zero attached hydrogens (tertiary/aromatic N) is 2. The Morgan fingerprint density at radius 2 is 2.07 bits per heavy atom. The van der Waals surface area contributed by atoms with Gasteiger partial charge in [-0.3, -0.25) is 9.97 Å². The van der Waals surface area contributed by atoms with Crippen LogP contribution < -0.4 is 5.32 Å². The number of rotatable bonds is 1. The van der Waals surface area contributed by atoms with Gasteiger partial charge >= 0.3 is 0 Å². The standard InChI is InChI=1S/C11H11N3/c1-2-9-10(13-4-1)3-5-14-11(9)8-6-12-7-8/h1-5,8,12H,6-7H2. The van der Waals surface area contributed by atoms with Crippen molar-refractivity contribution in [3.05, 3.63) is 36.3 Å². The average Bonchev–Trinajstić information content (AvgIpc) is 2.16. The summed E-state index contributed by atoms with van der Waals surface area (Å²) in [6.45, 7) is 2.09. The minimum Gasteiger partial charge on any atom is -0.315 e. The number of pyridine rings is 2.